The van der Waals surface area contributed by atoms with Gasteiger partial charge in [-0.3, -0.25) is 5.26 Å². The van der Waals surface area contributed by atoms with Gasteiger partial charge < -0.3 is 5.11 Å². The van der Waals surface area contributed by atoms with E-state index in [4.69, 9.17) is 4.89 Å². The van der Waals surface area contributed by atoms with Gasteiger partial charge in [-0.05, 0) is 91.3 Å². The van der Waals surface area contributed by atoms with Gasteiger partial charge in [-0.1, -0.05) is 65.5 Å². The van der Waals surface area contributed by atoms with Crippen LogP contribution in [0.25, 0.3) is 0 Å². The van der Waals surface area contributed by atoms with Crippen LogP contribution in [0.2, 0.25) is 0 Å². The third-order valence-electron chi connectivity index (χ3n) is 10.4. The lowest BCUT2D eigenvalue weighted by molar-refractivity contribution is -0.296. The fourth-order valence-electron chi connectivity index (χ4n) is 8.73. The molecular weight excluding hydrogens is 372 g/mol. The van der Waals surface area contributed by atoms with Gasteiger partial charge in [0.1, 0.15) is 6.10 Å². The summed E-state index contributed by atoms with van der Waals surface area (Å²) >= 11 is 0. The predicted molar refractivity (Wildman–Crippen MR) is 122 cm³/mol. The lowest BCUT2D eigenvalue weighted by Gasteiger charge is -2.59. The van der Waals surface area contributed by atoms with Crippen molar-refractivity contribution in [3.05, 3.63) is 11.6 Å². The van der Waals surface area contributed by atoms with Crippen LogP contribution in [0, 0.1) is 46.3 Å². The van der Waals surface area contributed by atoms with Crippen LogP contribution in [0.1, 0.15) is 98.8 Å². The Morgan fingerprint density at radius 1 is 1.03 bits per heavy atom. The fourth-order valence-corrected chi connectivity index (χ4v) is 8.73. The summed E-state index contributed by atoms with van der Waals surface area (Å²) in [5.74, 6) is 4.05. The van der Waals surface area contributed by atoms with Crippen molar-refractivity contribution in [1.29, 1.82) is 0 Å². The molecule has 0 saturated heterocycles. The molecule has 0 aliphatic heterocycles. The van der Waals surface area contributed by atoms with Crippen molar-refractivity contribution in [2.24, 2.45) is 46.3 Å². The number of hydrogen-bond donors (Lipinski definition) is 2. The van der Waals surface area contributed by atoms with Crippen LogP contribution in [-0.4, -0.2) is 22.6 Å². The van der Waals surface area contributed by atoms with Gasteiger partial charge in [0.25, 0.3) is 0 Å². The molecule has 0 amide bonds. The summed E-state index contributed by atoms with van der Waals surface area (Å²) < 4.78 is 0. The van der Waals surface area contributed by atoms with Crippen LogP contribution in [-0.2, 0) is 4.89 Å². The molecule has 3 heteroatoms. The summed E-state index contributed by atoms with van der Waals surface area (Å²) in [5.41, 5.74) is 1.91. The van der Waals surface area contributed by atoms with Crippen LogP contribution in [0.15, 0.2) is 11.6 Å². The highest BCUT2D eigenvalue weighted by Gasteiger charge is 2.61. The van der Waals surface area contributed by atoms with E-state index in [0.717, 1.165) is 37.0 Å². The third kappa shape index (κ3) is 3.71. The second-order valence-electron chi connectivity index (χ2n) is 12.4. The molecule has 0 spiro atoms. The maximum Gasteiger partial charge on any atom is 0.114 e. The van der Waals surface area contributed by atoms with Gasteiger partial charge >= 0.3 is 0 Å². The zero-order valence-electron chi connectivity index (χ0n) is 20.1. The minimum atomic E-state index is -0.225. The molecule has 4 rings (SSSR count). The van der Waals surface area contributed by atoms with E-state index >= 15 is 0 Å². The molecule has 3 fully saturated rings. The summed E-state index contributed by atoms with van der Waals surface area (Å²) in [5, 5.41) is 20.2. The summed E-state index contributed by atoms with van der Waals surface area (Å²) in [6.45, 7) is 12.2. The average molecular weight is 419 g/mol. The largest absolute Gasteiger partial charge is 0.393 e. The highest BCUT2D eigenvalue weighted by atomic mass is 17.1. The Morgan fingerprint density at radius 3 is 2.50 bits per heavy atom. The first-order valence-corrected chi connectivity index (χ1v) is 12.9. The molecule has 4 aliphatic carbocycles. The fraction of sp³-hybridized carbons (Fsp3) is 0.926. The van der Waals surface area contributed by atoms with Gasteiger partial charge in [0.15, 0.2) is 0 Å². The Kier molecular flexibility index (Phi) is 6.48. The molecule has 0 aromatic heterocycles. The maximum atomic E-state index is 10.3. The van der Waals surface area contributed by atoms with Gasteiger partial charge in [-0.2, -0.15) is 0 Å². The normalized spacial score (nSPS) is 46.7. The monoisotopic (exact) mass is 418 g/mol. The number of rotatable bonds is 6. The molecule has 3 nitrogen and oxygen atoms in total. The number of aliphatic hydroxyl groups excluding tert-OH is 1. The van der Waals surface area contributed by atoms with E-state index in [0.29, 0.717) is 23.2 Å². The van der Waals surface area contributed by atoms with Crippen molar-refractivity contribution in [2.45, 2.75) is 111 Å². The first-order valence-electron chi connectivity index (χ1n) is 12.9. The van der Waals surface area contributed by atoms with Crippen molar-refractivity contribution in [2.75, 3.05) is 0 Å². The second kappa shape index (κ2) is 8.52. The Labute approximate surface area is 184 Å². The van der Waals surface area contributed by atoms with Gasteiger partial charge in [-0.25, -0.2) is 4.89 Å². The zero-order valence-corrected chi connectivity index (χ0v) is 20.1. The van der Waals surface area contributed by atoms with Crippen LogP contribution in [0.5, 0.6) is 0 Å². The van der Waals surface area contributed by atoms with E-state index < -0.39 is 0 Å². The number of fused-ring (bicyclic) bond motifs is 5. The first kappa shape index (κ1) is 22.8. The Morgan fingerprint density at radius 2 is 1.80 bits per heavy atom. The van der Waals surface area contributed by atoms with Crippen LogP contribution < -0.4 is 0 Å². The number of aliphatic hydroxyl groups is 1. The van der Waals surface area contributed by atoms with Crippen molar-refractivity contribution in [3.63, 3.8) is 0 Å². The lowest BCUT2D eigenvalue weighted by Crippen LogP contribution is -2.55. The van der Waals surface area contributed by atoms with Crippen LogP contribution in [0.3, 0.4) is 0 Å². The quantitative estimate of drug-likeness (QED) is 0.281. The van der Waals surface area contributed by atoms with E-state index in [1.165, 1.54) is 50.5 Å². The van der Waals surface area contributed by atoms with Crippen LogP contribution >= 0.6 is 0 Å². The van der Waals surface area contributed by atoms with Crippen LogP contribution in [0.4, 0.5) is 0 Å². The summed E-state index contributed by atoms with van der Waals surface area (Å²) in [6, 6.07) is 0. The Bertz CT molecular complexity index is 642. The van der Waals surface area contributed by atoms with Gasteiger partial charge in [-0.15, -0.1) is 0 Å². The lowest BCUT2D eigenvalue weighted by atomic mass is 9.46. The molecule has 2 N–H and O–H groups in total. The first-order chi connectivity index (χ1) is 14.2. The Balaban J connectivity index is 1.56. The van der Waals surface area contributed by atoms with E-state index in [1.807, 2.05) is 0 Å². The molecular formula is C27H46O3. The third-order valence-corrected chi connectivity index (χ3v) is 10.4. The minimum Gasteiger partial charge on any atom is -0.393 e. The summed E-state index contributed by atoms with van der Waals surface area (Å²) in [6.07, 6.45) is 13.8. The summed E-state index contributed by atoms with van der Waals surface area (Å²) in [7, 11) is 0. The van der Waals surface area contributed by atoms with Gasteiger partial charge in [0.2, 0.25) is 0 Å². The number of hydrogen-bond acceptors (Lipinski definition) is 3. The standard InChI is InChI=1S/C27H46O3/c1-17(2)7-6-8-18(3)21-9-10-22-25-23(12-14-27(21,22)5)26(4)13-11-20(28)15-19(26)16-24(25)30-29/h16-18,20-25,28-29H,6-15H2,1-5H3/t18-,20?,21-,22+,23+,24+,25+,26+,27-/m1/s1. The molecule has 0 aromatic rings. The average Bonchev–Trinajstić information content (AvgIpc) is 3.05. The topological polar surface area (TPSA) is 49.7 Å². The van der Waals surface area contributed by atoms with Crippen molar-refractivity contribution < 1.29 is 15.3 Å². The predicted octanol–water partition coefficient (Wildman–Crippen LogP) is 6.86. The van der Waals surface area contributed by atoms with Crippen molar-refractivity contribution in [1.82, 2.24) is 0 Å². The maximum absolute atomic E-state index is 10.3. The molecule has 0 heterocycles. The molecule has 1 unspecified atom stereocenters. The second-order valence-corrected chi connectivity index (χ2v) is 12.4. The molecule has 30 heavy (non-hydrogen) atoms. The van der Waals surface area contributed by atoms with Crippen molar-refractivity contribution in [3.8, 4) is 0 Å². The SMILES string of the molecule is CC(C)CCC[C@@H](C)[C@H]1CC[C@H]2[C@@H]3[C@@H](OO)C=C4CC(O)CC[C@]4(C)[C@H]3CC[C@]12C. The van der Waals surface area contributed by atoms with Gasteiger partial charge in [0, 0.05) is 0 Å². The molecule has 4 aliphatic rings. The highest BCUT2D eigenvalue weighted by molar-refractivity contribution is 5.28. The molecule has 3 saturated carbocycles. The highest BCUT2D eigenvalue weighted by Crippen LogP contribution is 2.67. The van der Waals surface area contributed by atoms with Gasteiger partial charge in [0.05, 0.1) is 6.10 Å². The molecule has 9 atom stereocenters. The Hall–Kier alpha value is -0.380. The smallest absolute Gasteiger partial charge is 0.114 e. The zero-order chi connectivity index (χ0) is 21.7. The summed E-state index contributed by atoms with van der Waals surface area (Å²) in [4.78, 5) is 5.17. The van der Waals surface area contributed by atoms with Crippen molar-refractivity contribution >= 4 is 0 Å². The van der Waals surface area contributed by atoms with E-state index in [2.05, 4.69) is 40.7 Å². The van der Waals surface area contributed by atoms with E-state index in [-0.39, 0.29) is 17.6 Å². The van der Waals surface area contributed by atoms with E-state index in [1.54, 1.807) is 0 Å². The van der Waals surface area contributed by atoms with E-state index in [9.17, 15) is 10.4 Å². The molecule has 172 valence electrons. The molecule has 0 bridgehead atoms. The molecule has 0 aromatic carbocycles. The molecule has 0 radical (unpaired) electrons. The minimum absolute atomic E-state index is 0.182.